The molecular weight excluding hydrogens is 294 g/mol. The molecule has 6 heteroatoms. The van der Waals surface area contributed by atoms with Crippen molar-refractivity contribution in [2.45, 2.75) is 0 Å². The number of aromatic nitrogens is 2. The Kier molecular flexibility index (Phi) is 3.69. The average molecular weight is 307 g/mol. The van der Waals surface area contributed by atoms with Gasteiger partial charge in [0.05, 0.1) is 26.0 Å². The molecule has 1 aromatic carbocycles. The van der Waals surface area contributed by atoms with Gasteiger partial charge in [-0.3, -0.25) is 0 Å². The fourth-order valence-electron chi connectivity index (χ4n) is 2.40. The number of fused-ring (bicyclic) bond motifs is 1. The standard InChI is InChI=1S/C17H13N3O3/c1-22-15-7-13(10-20-16(15)14(8-18)9-19-20)11-3-5-12(6-4-11)17(21)23-2/h3-7,9-10H,1-2H3. The van der Waals surface area contributed by atoms with Gasteiger partial charge in [-0.25, -0.2) is 9.31 Å². The van der Waals surface area contributed by atoms with Crippen LogP contribution in [0.3, 0.4) is 0 Å². The lowest BCUT2D eigenvalue weighted by Crippen LogP contribution is -2.00. The van der Waals surface area contributed by atoms with Gasteiger partial charge in [0, 0.05) is 11.8 Å². The molecule has 114 valence electrons. The van der Waals surface area contributed by atoms with E-state index in [9.17, 15) is 4.79 Å². The summed E-state index contributed by atoms with van der Waals surface area (Å²) in [6.07, 6.45) is 3.31. The van der Waals surface area contributed by atoms with E-state index in [0.29, 0.717) is 22.4 Å². The molecule has 0 atom stereocenters. The van der Waals surface area contributed by atoms with Gasteiger partial charge < -0.3 is 9.47 Å². The molecule has 0 spiro atoms. The summed E-state index contributed by atoms with van der Waals surface area (Å²) in [6, 6.07) is 11.0. The molecule has 3 aromatic rings. The van der Waals surface area contributed by atoms with Gasteiger partial charge in [0.15, 0.2) is 0 Å². The molecule has 0 fully saturated rings. The van der Waals surface area contributed by atoms with Gasteiger partial charge in [-0.2, -0.15) is 10.4 Å². The van der Waals surface area contributed by atoms with E-state index in [2.05, 4.69) is 15.9 Å². The van der Waals surface area contributed by atoms with E-state index in [4.69, 9.17) is 10.00 Å². The molecule has 0 unspecified atom stereocenters. The van der Waals surface area contributed by atoms with Gasteiger partial charge in [0.1, 0.15) is 22.9 Å². The SMILES string of the molecule is COC(=O)c1ccc(-c2cc(OC)c3c(C#N)cnn3c2)cc1. The van der Waals surface area contributed by atoms with Crippen LogP contribution in [-0.2, 0) is 4.74 Å². The Balaban J connectivity index is 2.10. The van der Waals surface area contributed by atoms with Crippen LogP contribution in [0.1, 0.15) is 15.9 Å². The van der Waals surface area contributed by atoms with Crippen LogP contribution in [0.4, 0.5) is 0 Å². The summed E-state index contributed by atoms with van der Waals surface area (Å²) < 4.78 is 11.7. The number of esters is 1. The summed E-state index contributed by atoms with van der Waals surface area (Å²) in [5.74, 6) is 0.184. The van der Waals surface area contributed by atoms with Crippen molar-refractivity contribution < 1.29 is 14.3 Å². The first-order chi connectivity index (χ1) is 11.2. The Labute approximate surface area is 132 Å². The Bertz CT molecular complexity index is 921. The average Bonchev–Trinajstić information content (AvgIpc) is 3.03. The molecule has 0 N–H and O–H groups in total. The van der Waals surface area contributed by atoms with Crippen molar-refractivity contribution >= 4 is 11.5 Å². The molecule has 3 rings (SSSR count). The normalized spacial score (nSPS) is 10.3. The van der Waals surface area contributed by atoms with E-state index >= 15 is 0 Å². The lowest BCUT2D eigenvalue weighted by atomic mass is 10.0. The molecule has 23 heavy (non-hydrogen) atoms. The van der Waals surface area contributed by atoms with Crippen molar-refractivity contribution in [2.24, 2.45) is 0 Å². The van der Waals surface area contributed by atoms with Crippen LogP contribution < -0.4 is 4.74 Å². The number of nitrogens with zero attached hydrogens (tertiary/aromatic N) is 3. The van der Waals surface area contributed by atoms with Gasteiger partial charge in [-0.1, -0.05) is 12.1 Å². The lowest BCUT2D eigenvalue weighted by molar-refractivity contribution is 0.0601. The molecule has 2 heterocycles. The van der Waals surface area contributed by atoms with Crippen molar-refractivity contribution in [3.05, 3.63) is 53.9 Å². The van der Waals surface area contributed by atoms with Crippen molar-refractivity contribution in [3.63, 3.8) is 0 Å². The number of hydrogen-bond acceptors (Lipinski definition) is 5. The molecule has 0 aliphatic rings. The Morgan fingerprint density at radius 2 is 1.96 bits per heavy atom. The summed E-state index contributed by atoms with van der Waals surface area (Å²) in [4.78, 5) is 11.5. The number of rotatable bonds is 3. The maximum atomic E-state index is 11.5. The van der Waals surface area contributed by atoms with Crippen LogP contribution >= 0.6 is 0 Å². The highest BCUT2D eigenvalue weighted by atomic mass is 16.5. The molecule has 0 saturated carbocycles. The highest BCUT2D eigenvalue weighted by molar-refractivity contribution is 5.90. The third-order valence-electron chi connectivity index (χ3n) is 3.56. The highest BCUT2D eigenvalue weighted by Crippen LogP contribution is 2.29. The number of methoxy groups -OCH3 is 2. The quantitative estimate of drug-likeness (QED) is 0.695. The molecule has 6 nitrogen and oxygen atoms in total. The van der Waals surface area contributed by atoms with E-state index in [1.807, 2.05) is 24.4 Å². The second kappa shape index (κ2) is 5.81. The number of ether oxygens (including phenoxy) is 2. The summed E-state index contributed by atoms with van der Waals surface area (Å²) in [5.41, 5.74) is 3.32. The second-order valence-corrected chi connectivity index (χ2v) is 4.83. The summed E-state index contributed by atoms with van der Waals surface area (Å²) in [6.45, 7) is 0. The monoisotopic (exact) mass is 307 g/mol. The van der Waals surface area contributed by atoms with Crippen LogP contribution in [-0.4, -0.2) is 29.8 Å². The van der Waals surface area contributed by atoms with Crippen LogP contribution in [0.5, 0.6) is 5.75 Å². The van der Waals surface area contributed by atoms with Crippen molar-refractivity contribution in [3.8, 4) is 22.9 Å². The zero-order chi connectivity index (χ0) is 16.4. The minimum absolute atomic E-state index is 0.379. The minimum Gasteiger partial charge on any atom is -0.494 e. The van der Waals surface area contributed by atoms with E-state index < -0.39 is 0 Å². The van der Waals surface area contributed by atoms with Crippen molar-refractivity contribution in [2.75, 3.05) is 14.2 Å². The number of benzene rings is 1. The van der Waals surface area contributed by atoms with Gasteiger partial charge >= 0.3 is 5.97 Å². The number of carbonyl (C=O) groups excluding carboxylic acids is 1. The van der Waals surface area contributed by atoms with Crippen LogP contribution in [0.25, 0.3) is 16.6 Å². The summed E-state index contributed by atoms with van der Waals surface area (Å²) in [7, 11) is 2.90. The molecule has 0 saturated heterocycles. The van der Waals surface area contributed by atoms with Gasteiger partial charge in [-0.15, -0.1) is 0 Å². The van der Waals surface area contributed by atoms with E-state index in [1.165, 1.54) is 13.3 Å². The Hall–Kier alpha value is -3.33. The van der Waals surface area contributed by atoms with Gasteiger partial charge in [0.2, 0.25) is 0 Å². The van der Waals surface area contributed by atoms with E-state index in [0.717, 1.165) is 11.1 Å². The largest absolute Gasteiger partial charge is 0.494 e. The number of nitriles is 1. The Morgan fingerprint density at radius 3 is 2.57 bits per heavy atom. The topological polar surface area (TPSA) is 76.6 Å². The molecule has 2 aromatic heterocycles. The minimum atomic E-state index is -0.379. The fraction of sp³-hybridized carbons (Fsp3) is 0.118. The third-order valence-corrected chi connectivity index (χ3v) is 3.56. The van der Waals surface area contributed by atoms with Crippen molar-refractivity contribution in [1.82, 2.24) is 9.61 Å². The molecule has 0 bridgehead atoms. The van der Waals surface area contributed by atoms with Crippen LogP contribution in [0.2, 0.25) is 0 Å². The molecule has 0 amide bonds. The number of hydrogen-bond donors (Lipinski definition) is 0. The number of carbonyl (C=O) groups is 1. The third kappa shape index (κ3) is 2.49. The highest BCUT2D eigenvalue weighted by Gasteiger charge is 2.13. The first-order valence-electron chi connectivity index (χ1n) is 6.82. The molecular formula is C17H13N3O3. The number of pyridine rings is 1. The Morgan fingerprint density at radius 1 is 1.22 bits per heavy atom. The maximum Gasteiger partial charge on any atom is 0.337 e. The van der Waals surface area contributed by atoms with Gasteiger partial charge in [-0.05, 0) is 23.8 Å². The second-order valence-electron chi connectivity index (χ2n) is 4.83. The molecule has 0 radical (unpaired) electrons. The predicted octanol–water partition coefficient (Wildman–Crippen LogP) is 2.67. The van der Waals surface area contributed by atoms with Gasteiger partial charge in [0.25, 0.3) is 0 Å². The van der Waals surface area contributed by atoms with Crippen LogP contribution in [0.15, 0.2) is 42.7 Å². The van der Waals surface area contributed by atoms with Crippen molar-refractivity contribution in [1.29, 1.82) is 5.26 Å². The smallest absolute Gasteiger partial charge is 0.337 e. The molecule has 0 aliphatic heterocycles. The summed E-state index contributed by atoms with van der Waals surface area (Å²) >= 11 is 0. The van der Waals surface area contributed by atoms with Crippen LogP contribution in [0, 0.1) is 11.3 Å². The predicted molar refractivity (Wildman–Crippen MR) is 83.2 cm³/mol. The van der Waals surface area contributed by atoms with E-state index in [-0.39, 0.29) is 5.97 Å². The summed E-state index contributed by atoms with van der Waals surface area (Å²) in [5, 5.41) is 13.3. The zero-order valence-electron chi connectivity index (χ0n) is 12.6. The first kappa shape index (κ1) is 14.6. The van der Waals surface area contributed by atoms with E-state index in [1.54, 1.807) is 23.8 Å². The lowest BCUT2D eigenvalue weighted by Gasteiger charge is -2.08. The first-order valence-corrected chi connectivity index (χ1v) is 6.82. The molecule has 0 aliphatic carbocycles. The fourth-order valence-corrected chi connectivity index (χ4v) is 2.40. The maximum absolute atomic E-state index is 11.5. The zero-order valence-corrected chi connectivity index (χ0v) is 12.6.